The first kappa shape index (κ1) is 14.7. The number of nitrogens with two attached hydrogens (primary N) is 1. The quantitative estimate of drug-likeness (QED) is 0.631. The molecule has 0 amide bonds. The molecule has 1 fully saturated rings. The average molecular weight is 280 g/mol. The molecule has 1 aliphatic carbocycles. The van der Waals surface area contributed by atoms with Crippen LogP contribution in [0.4, 0.5) is 5.69 Å². The second kappa shape index (κ2) is 5.76. The summed E-state index contributed by atoms with van der Waals surface area (Å²) in [5.41, 5.74) is 6.25. The maximum absolute atomic E-state index is 10.9. The van der Waals surface area contributed by atoms with E-state index >= 15 is 0 Å². The summed E-state index contributed by atoms with van der Waals surface area (Å²) < 4.78 is 5.11. The minimum absolute atomic E-state index is 0.000918. The van der Waals surface area contributed by atoms with Crippen molar-refractivity contribution < 1.29 is 14.8 Å². The highest BCUT2D eigenvalue weighted by atomic mass is 16.6. The molecule has 0 heterocycles. The highest BCUT2D eigenvalue weighted by Crippen LogP contribution is 2.41. The SMILES string of the molecule is COc1cc(CC2(CN)CCCC2O)cc([N+](=O)[O-])c1. The van der Waals surface area contributed by atoms with Gasteiger partial charge in [0.15, 0.2) is 0 Å². The Balaban J connectivity index is 2.32. The molecule has 110 valence electrons. The van der Waals surface area contributed by atoms with Crippen molar-refractivity contribution in [2.45, 2.75) is 31.8 Å². The van der Waals surface area contributed by atoms with Crippen LogP contribution in [0, 0.1) is 15.5 Å². The number of nitrogens with zero attached hydrogens (tertiary/aromatic N) is 1. The molecule has 0 saturated heterocycles. The van der Waals surface area contributed by atoms with Gasteiger partial charge in [0.1, 0.15) is 5.75 Å². The second-order valence-corrected chi connectivity index (χ2v) is 5.45. The van der Waals surface area contributed by atoms with Crippen LogP contribution in [-0.2, 0) is 6.42 Å². The summed E-state index contributed by atoms with van der Waals surface area (Å²) in [7, 11) is 1.48. The van der Waals surface area contributed by atoms with Crippen molar-refractivity contribution in [2.75, 3.05) is 13.7 Å². The highest BCUT2D eigenvalue weighted by molar-refractivity contribution is 5.43. The Bertz CT molecular complexity index is 506. The van der Waals surface area contributed by atoms with Crippen molar-refractivity contribution in [1.82, 2.24) is 0 Å². The summed E-state index contributed by atoms with van der Waals surface area (Å²) in [5.74, 6) is 0.453. The fraction of sp³-hybridized carbons (Fsp3) is 0.571. The van der Waals surface area contributed by atoms with Crippen LogP contribution in [0.3, 0.4) is 0 Å². The first-order valence-corrected chi connectivity index (χ1v) is 6.71. The van der Waals surface area contributed by atoms with Gasteiger partial charge in [-0.3, -0.25) is 10.1 Å². The summed E-state index contributed by atoms with van der Waals surface area (Å²) in [6.45, 7) is 0.374. The van der Waals surface area contributed by atoms with Gasteiger partial charge in [0.2, 0.25) is 0 Å². The molecule has 1 aromatic rings. The van der Waals surface area contributed by atoms with Crippen LogP contribution in [0.1, 0.15) is 24.8 Å². The van der Waals surface area contributed by atoms with E-state index in [1.165, 1.54) is 19.2 Å². The van der Waals surface area contributed by atoms with E-state index in [1.54, 1.807) is 6.07 Å². The van der Waals surface area contributed by atoms with Crippen molar-refractivity contribution in [3.8, 4) is 5.75 Å². The fourth-order valence-corrected chi connectivity index (χ4v) is 3.01. The minimum Gasteiger partial charge on any atom is -0.496 e. The first-order chi connectivity index (χ1) is 9.50. The molecule has 6 heteroatoms. The lowest BCUT2D eigenvalue weighted by Gasteiger charge is -2.31. The van der Waals surface area contributed by atoms with Crippen LogP contribution in [0.25, 0.3) is 0 Å². The summed E-state index contributed by atoms with van der Waals surface area (Å²) in [4.78, 5) is 10.5. The average Bonchev–Trinajstić information content (AvgIpc) is 2.80. The molecule has 1 aromatic carbocycles. The minimum atomic E-state index is -0.447. The van der Waals surface area contributed by atoms with Gasteiger partial charge in [-0.25, -0.2) is 0 Å². The number of aliphatic hydroxyl groups excluding tert-OH is 1. The number of hydrogen-bond acceptors (Lipinski definition) is 5. The van der Waals surface area contributed by atoms with Gasteiger partial charge in [0.25, 0.3) is 5.69 Å². The number of non-ortho nitro benzene ring substituents is 1. The monoisotopic (exact) mass is 280 g/mol. The van der Waals surface area contributed by atoms with Gasteiger partial charge in [-0.2, -0.15) is 0 Å². The van der Waals surface area contributed by atoms with E-state index in [2.05, 4.69) is 0 Å². The maximum Gasteiger partial charge on any atom is 0.273 e. The molecule has 6 nitrogen and oxygen atoms in total. The Kier molecular flexibility index (Phi) is 4.25. The maximum atomic E-state index is 10.9. The molecule has 0 radical (unpaired) electrons. The van der Waals surface area contributed by atoms with Crippen LogP contribution >= 0.6 is 0 Å². The van der Waals surface area contributed by atoms with Gasteiger partial charge in [-0.1, -0.05) is 6.42 Å². The molecule has 2 unspecified atom stereocenters. The standard InChI is InChI=1S/C14H20N2O4/c1-20-12-6-10(5-11(7-12)16(18)19)8-14(9-15)4-2-3-13(14)17/h5-7,13,17H,2-4,8-9,15H2,1H3. The fourth-order valence-electron chi connectivity index (χ4n) is 3.01. The van der Waals surface area contributed by atoms with E-state index in [-0.39, 0.29) is 11.1 Å². The molecule has 2 rings (SSSR count). The highest BCUT2D eigenvalue weighted by Gasteiger charge is 2.41. The zero-order chi connectivity index (χ0) is 14.8. The zero-order valence-corrected chi connectivity index (χ0v) is 11.5. The Labute approximate surface area is 117 Å². The van der Waals surface area contributed by atoms with Crippen LogP contribution in [0.2, 0.25) is 0 Å². The van der Waals surface area contributed by atoms with E-state index in [0.29, 0.717) is 18.7 Å². The number of benzene rings is 1. The molecular weight excluding hydrogens is 260 g/mol. The molecule has 0 spiro atoms. The van der Waals surface area contributed by atoms with Crippen LogP contribution < -0.4 is 10.5 Å². The van der Waals surface area contributed by atoms with Gasteiger partial charge in [0, 0.05) is 18.0 Å². The smallest absolute Gasteiger partial charge is 0.273 e. The van der Waals surface area contributed by atoms with E-state index in [4.69, 9.17) is 10.5 Å². The first-order valence-electron chi connectivity index (χ1n) is 6.71. The van der Waals surface area contributed by atoms with Crippen molar-refractivity contribution in [3.05, 3.63) is 33.9 Å². The lowest BCUT2D eigenvalue weighted by molar-refractivity contribution is -0.385. The lowest BCUT2D eigenvalue weighted by Crippen LogP contribution is -2.39. The van der Waals surface area contributed by atoms with Gasteiger partial charge < -0.3 is 15.6 Å². The number of ether oxygens (including phenoxy) is 1. The number of rotatable bonds is 5. The molecule has 0 aliphatic heterocycles. The summed E-state index contributed by atoms with van der Waals surface area (Å²) in [6, 6.07) is 4.70. The van der Waals surface area contributed by atoms with Crippen molar-refractivity contribution in [2.24, 2.45) is 11.1 Å². The van der Waals surface area contributed by atoms with E-state index in [9.17, 15) is 15.2 Å². The normalized spacial score (nSPS) is 25.6. The molecule has 2 atom stereocenters. The van der Waals surface area contributed by atoms with E-state index in [0.717, 1.165) is 24.8 Å². The summed E-state index contributed by atoms with van der Waals surface area (Å²) >= 11 is 0. The van der Waals surface area contributed by atoms with Crippen molar-refractivity contribution in [1.29, 1.82) is 0 Å². The summed E-state index contributed by atoms with van der Waals surface area (Å²) in [6.07, 6.45) is 2.60. The van der Waals surface area contributed by atoms with Gasteiger partial charge in [-0.15, -0.1) is 0 Å². The van der Waals surface area contributed by atoms with Gasteiger partial charge in [-0.05, 0) is 30.9 Å². The number of hydrogen-bond donors (Lipinski definition) is 2. The zero-order valence-electron chi connectivity index (χ0n) is 11.5. The Morgan fingerprint density at radius 1 is 1.55 bits per heavy atom. The third-order valence-electron chi connectivity index (χ3n) is 4.22. The molecule has 1 saturated carbocycles. The van der Waals surface area contributed by atoms with Crippen LogP contribution in [0.5, 0.6) is 5.75 Å². The molecule has 0 bridgehead atoms. The molecule has 3 N–H and O–H groups in total. The Morgan fingerprint density at radius 2 is 2.30 bits per heavy atom. The number of nitro benzene ring substituents is 1. The predicted octanol–water partition coefficient (Wildman–Crippen LogP) is 1.64. The van der Waals surface area contributed by atoms with Crippen molar-refractivity contribution >= 4 is 5.69 Å². The van der Waals surface area contributed by atoms with Crippen LogP contribution in [-0.4, -0.2) is 29.8 Å². The second-order valence-electron chi connectivity index (χ2n) is 5.45. The van der Waals surface area contributed by atoms with Gasteiger partial charge >= 0.3 is 0 Å². The molecule has 0 aromatic heterocycles. The number of methoxy groups -OCH3 is 1. The third-order valence-corrected chi connectivity index (χ3v) is 4.22. The predicted molar refractivity (Wildman–Crippen MR) is 74.7 cm³/mol. The van der Waals surface area contributed by atoms with Gasteiger partial charge in [0.05, 0.1) is 24.2 Å². The number of aliphatic hydroxyl groups is 1. The molecular formula is C14H20N2O4. The number of nitro groups is 1. The molecule has 20 heavy (non-hydrogen) atoms. The largest absolute Gasteiger partial charge is 0.496 e. The topological polar surface area (TPSA) is 98.6 Å². The third kappa shape index (κ3) is 2.76. The van der Waals surface area contributed by atoms with Crippen LogP contribution in [0.15, 0.2) is 18.2 Å². The van der Waals surface area contributed by atoms with E-state index < -0.39 is 11.0 Å². The van der Waals surface area contributed by atoms with Crippen molar-refractivity contribution in [3.63, 3.8) is 0 Å². The van der Waals surface area contributed by atoms with E-state index in [1.807, 2.05) is 0 Å². The lowest BCUT2D eigenvalue weighted by atomic mass is 9.78. The Morgan fingerprint density at radius 3 is 2.80 bits per heavy atom. The summed E-state index contributed by atoms with van der Waals surface area (Å²) in [5, 5.41) is 21.1. The molecule has 1 aliphatic rings. The Hall–Kier alpha value is -1.66.